The Bertz CT molecular complexity index is 757. The van der Waals surface area contributed by atoms with Crippen molar-refractivity contribution in [3.63, 3.8) is 0 Å². The number of hydrogen-bond donors (Lipinski definition) is 2. The second-order valence-electron chi connectivity index (χ2n) is 3.89. The number of hydrogen-bond acceptors (Lipinski definition) is 7. The van der Waals surface area contributed by atoms with E-state index in [0.29, 0.717) is 5.39 Å². The van der Waals surface area contributed by atoms with Crippen LogP contribution in [0.4, 0.5) is 16.3 Å². The molecule has 1 aromatic heterocycles. The number of nitrogens with zero attached hydrogens (tertiary/aromatic N) is 3. The van der Waals surface area contributed by atoms with Crippen LogP contribution in [0.15, 0.2) is 16.6 Å². The van der Waals surface area contributed by atoms with Crippen LogP contribution in [-0.4, -0.2) is 27.6 Å². The first-order chi connectivity index (χ1) is 10.4. The molecular weight excluding hydrogens is 382 g/mol. The Hall–Kier alpha value is -2.20. The van der Waals surface area contributed by atoms with Gasteiger partial charge in [0.2, 0.25) is 5.28 Å². The van der Waals surface area contributed by atoms with E-state index in [0.717, 1.165) is 0 Å². The monoisotopic (exact) mass is 389 g/mol. The maximum absolute atomic E-state index is 11.3. The van der Waals surface area contributed by atoms with Crippen LogP contribution in [0.25, 0.3) is 10.9 Å². The number of nitro groups is 1. The Morgan fingerprint density at radius 2 is 2.23 bits per heavy atom. The van der Waals surface area contributed by atoms with Crippen LogP contribution in [-0.2, 0) is 4.74 Å². The number of anilines is 1. The molecule has 0 aliphatic rings. The minimum absolute atomic E-state index is 0.128. The summed E-state index contributed by atoms with van der Waals surface area (Å²) in [5, 5.41) is 11.2. The minimum Gasteiger partial charge on any atom is -0.449 e. The van der Waals surface area contributed by atoms with Crippen molar-refractivity contribution in [2.24, 2.45) is 0 Å². The summed E-state index contributed by atoms with van der Waals surface area (Å²) in [6.07, 6.45) is -0.702. The molecular formula is C11H9BrClN5O4. The Morgan fingerprint density at radius 3 is 2.86 bits per heavy atom. The van der Waals surface area contributed by atoms with Gasteiger partial charge >= 0.3 is 6.09 Å². The molecule has 116 valence electrons. The van der Waals surface area contributed by atoms with Gasteiger partial charge in [-0.05, 0) is 40.5 Å². The molecule has 2 N–H and O–H groups in total. The van der Waals surface area contributed by atoms with Crippen molar-refractivity contribution >= 4 is 56.0 Å². The van der Waals surface area contributed by atoms with Gasteiger partial charge in [-0.3, -0.25) is 15.5 Å². The van der Waals surface area contributed by atoms with Crippen molar-refractivity contribution in [2.75, 3.05) is 12.0 Å². The zero-order chi connectivity index (χ0) is 16.3. The van der Waals surface area contributed by atoms with E-state index in [1.165, 1.54) is 12.1 Å². The van der Waals surface area contributed by atoms with Crippen molar-refractivity contribution in [1.29, 1.82) is 0 Å². The number of carbonyl (C=O) groups is 1. The number of halogens is 2. The zero-order valence-corrected chi connectivity index (χ0v) is 13.4. The van der Waals surface area contributed by atoms with E-state index in [1.54, 1.807) is 6.92 Å². The number of fused-ring (bicyclic) bond motifs is 1. The Morgan fingerprint density at radius 1 is 1.50 bits per heavy atom. The number of rotatable bonds is 4. The van der Waals surface area contributed by atoms with Gasteiger partial charge < -0.3 is 4.74 Å². The second-order valence-corrected chi connectivity index (χ2v) is 5.08. The Kier molecular flexibility index (Phi) is 4.93. The highest BCUT2D eigenvalue weighted by atomic mass is 79.9. The fourth-order valence-electron chi connectivity index (χ4n) is 1.62. The van der Waals surface area contributed by atoms with E-state index >= 15 is 0 Å². The third-order valence-corrected chi connectivity index (χ3v) is 3.30. The summed E-state index contributed by atoms with van der Waals surface area (Å²) in [5.74, 6) is 0.179. The number of nitro benzene ring substituents is 1. The van der Waals surface area contributed by atoms with Gasteiger partial charge in [-0.15, -0.1) is 0 Å². The highest BCUT2D eigenvalue weighted by Crippen LogP contribution is 2.32. The van der Waals surface area contributed by atoms with Crippen LogP contribution in [0, 0.1) is 10.1 Å². The molecule has 2 aromatic rings. The van der Waals surface area contributed by atoms with Crippen molar-refractivity contribution in [3.8, 4) is 0 Å². The second kappa shape index (κ2) is 6.71. The summed E-state index contributed by atoms with van der Waals surface area (Å²) >= 11 is 8.89. The highest BCUT2D eigenvalue weighted by Gasteiger charge is 2.17. The van der Waals surface area contributed by atoms with Gasteiger partial charge in [0.05, 0.1) is 21.5 Å². The first-order valence-electron chi connectivity index (χ1n) is 5.92. The van der Waals surface area contributed by atoms with Crippen LogP contribution in [0.1, 0.15) is 6.92 Å². The lowest BCUT2D eigenvalue weighted by Crippen LogP contribution is -2.30. The third-order valence-electron chi connectivity index (χ3n) is 2.49. The summed E-state index contributed by atoms with van der Waals surface area (Å²) in [7, 11) is 0. The first kappa shape index (κ1) is 16.2. The SMILES string of the molecule is CCOC(=O)NNc1nc(Cl)nc2cc([N+](=O)[O-])c(Br)cc12. The molecule has 1 heterocycles. The van der Waals surface area contributed by atoms with E-state index in [4.69, 9.17) is 16.3 Å². The zero-order valence-electron chi connectivity index (χ0n) is 11.1. The predicted molar refractivity (Wildman–Crippen MR) is 82.7 cm³/mol. The topological polar surface area (TPSA) is 119 Å². The largest absolute Gasteiger partial charge is 0.449 e. The van der Waals surface area contributed by atoms with E-state index in [9.17, 15) is 14.9 Å². The molecule has 0 fully saturated rings. The van der Waals surface area contributed by atoms with Gasteiger partial charge in [-0.2, -0.15) is 4.98 Å². The number of nitrogens with one attached hydrogen (secondary N) is 2. The van der Waals surface area contributed by atoms with Gasteiger partial charge in [-0.25, -0.2) is 15.2 Å². The molecule has 0 bridgehead atoms. The van der Waals surface area contributed by atoms with E-state index in [1.807, 2.05) is 0 Å². The number of amides is 1. The summed E-state index contributed by atoms with van der Waals surface area (Å²) < 4.78 is 4.94. The van der Waals surface area contributed by atoms with Gasteiger partial charge in [-0.1, -0.05) is 0 Å². The number of aromatic nitrogens is 2. The third kappa shape index (κ3) is 3.52. The molecule has 2 rings (SSSR count). The predicted octanol–water partition coefficient (Wildman–Crippen LogP) is 3.03. The molecule has 0 atom stereocenters. The molecule has 22 heavy (non-hydrogen) atoms. The van der Waals surface area contributed by atoms with Gasteiger partial charge in [0.15, 0.2) is 5.82 Å². The van der Waals surface area contributed by atoms with Crippen molar-refractivity contribution in [1.82, 2.24) is 15.4 Å². The molecule has 0 aliphatic heterocycles. The number of ether oxygens (including phenoxy) is 1. The molecule has 0 saturated carbocycles. The summed E-state index contributed by atoms with van der Waals surface area (Å²) in [4.78, 5) is 29.5. The molecule has 0 saturated heterocycles. The maximum Gasteiger partial charge on any atom is 0.425 e. The van der Waals surface area contributed by atoms with E-state index in [2.05, 4.69) is 36.7 Å². The average Bonchev–Trinajstić information content (AvgIpc) is 2.44. The standard InChI is InChI=1S/C11H9BrClN5O4/c1-2-22-11(19)17-16-9-5-3-6(12)8(18(20)21)4-7(5)14-10(13)15-9/h3-4H,2H2,1H3,(H,17,19)(H,14,15,16). The average molecular weight is 391 g/mol. The molecule has 1 aromatic carbocycles. The molecule has 11 heteroatoms. The first-order valence-corrected chi connectivity index (χ1v) is 7.09. The molecule has 0 radical (unpaired) electrons. The lowest BCUT2D eigenvalue weighted by Gasteiger charge is -2.10. The lowest BCUT2D eigenvalue weighted by atomic mass is 10.2. The van der Waals surface area contributed by atoms with Crippen molar-refractivity contribution < 1.29 is 14.5 Å². The molecule has 0 unspecified atom stereocenters. The molecule has 0 spiro atoms. The fourth-order valence-corrected chi connectivity index (χ4v) is 2.29. The summed E-state index contributed by atoms with van der Waals surface area (Å²) in [6.45, 7) is 1.86. The summed E-state index contributed by atoms with van der Waals surface area (Å²) in [5.41, 5.74) is 4.90. The lowest BCUT2D eigenvalue weighted by molar-refractivity contribution is -0.385. The van der Waals surface area contributed by atoms with Crippen molar-refractivity contribution in [2.45, 2.75) is 6.92 Å². The van der Waals surface area contributed by atoms with E-state index < -0.39 is 11.0 Å². The summed E-state index contributed by atoms with van der Waals surface area (Å²) in [6, 6.07) is 2.71. The smallest absolute Gasteiger partial charge is 0.425 e. The van der Waals surface area contributed by atoms with Crippen LogP contribution in [0.3, 0.4) is 0 Å². The van der Waals surface area contributed by atoms with Gasteiger partial charge in [0, 0.05) is 11.5 Å². The highest BCUT2D eigenvalue weighted by molar-refractivity contribution is 9.10. The van der Waals surface area contributed by atoms with Crippen LogP contribution in [0.2, 0.25) is 5.28 Å². The molecule has 1 amide bonds. The van der Waals surface area contributed by atoms with Gasteiger partial charge in [0.1, 0.15) is 0 Å². The fraction of sp³-hybridized carbons (Fsp3) is 0.182. The molecule has 9 nitrogen and oxygen atoms in total. The van der Waals surface area contributed by atoms with Crippen LogP contribution < -0.4 is 10.9 Å². The molecule has 0 aliphatic carbocycles. The van der Waals surface area contributed by atoms with E-state index in [-0.39, 0.29) is 33.4 Å². The number of benzene rings is 1. The number of carbonyl (C=O) groups excluding carboxylic acids is 1. The quantitative estimate of drug-likeness (QED) is 0.468. The van der Waals surface area contributed by atoms with Gasteiger partial charge in [0.25, 0.3) is 5.69 Å². The van der Waals surface area contributed by atoms with Crippen molar-refractivity contribution in [3.05, 3.63) is 32.0 Å². The normalized spacial score (nSPS) is 10.3. The Labute approximate surface area is 137 Å². The van der Waals surface area contributed by atoms with Crippen LogP contribution >= 0.6 is 27.5 Å². The minimum atomic E-state index is -0.702. The maximum atomic E-state index is 11.3. The Balaban J connectivity index is 2.43. The number of hydrazine groups is 1. The van der Waals surface area contributed by atoms with Crippen LogP contribution in [0.5, 0.6) is 0 Å².